The molecule has 1 aromatic heterocycles. The summed E-state index contributed by atoms with van der Waals surface area (Å²) >= 11 is 0. The Balaban J connectivity index is 1.92. The molecule has 2 N–H and O–H groups in total. The van der Waals surface area contributed by atoms with E-state index in [-0.39, 0.29) is 5.56 Å². The molecule has 6 heteroatoms. The molecule has 0 unspecified atom stereocenters. The number of amides is 1. The van der Waals surface area contributed by atoms with Crippen LogP contribution in [0.25, 0.3) is 22.0 Å². The molecule has 0 aliphatic heterocycles. The van der Waals surface area contributed by atoms with E-state index in [2.05, 4.69) is 5.32 Å². The predicted molar refractivity (Wildman–Crippen MR) is 108 cm³/mol. The van der Waals surface area contributed by atoms with Gasteiger partial charge in [0.1, 0.15) is 5.60 Å². The first-order valence-corrected chi connectivity index (χ1v) is 9.02. The van der Waals surface area contributed by atoms with Crippen molar-refractivity contribution in [2.75, 3.05) is 0 Å². The van der Waals surface area contributed by atoms with E-state index < -0.39 is 17.7 Å². The minimum Gasteiger partial charge on any atom is -0.478 e. The highest BCUT2D eigenvalue weighted by molar-refractivity contribution is 6.02. The lowest BCUT2D eigenvalue weighted by molar-refractivity contribution is 0.0523. The summed E-state index contributed by atoms with van der Waals surface area (Å²) in [5, 5.41) is 13.2. The van der Waals surface area contributed by atoms with Crippen LogP contribution in [0.15, 0.2) is 48.7 Å². The Hall–Kier alpha value is -3.28. The van der Waals surface area contributed by atoms with Gasteiger partial charge in [-0.15, -0.1) is 0 Å². The van der Waals surface area contributed by atoms with E-state index in [0.717, 1.165) is 27.6 Å². The molecule has 0 fully saturated rings. The van der Waals surface area contributed by atoms with Crippen molar-refractivity contribution in [3.8, 4) is 11.1 Å². The fourth-order valence-corrected chi connectivity index (χ4v) is 3.07. The summed E-state index contributed by atoms with van der Waals surface area (Å²) in [6.45, 7) is 5.76. The van der Waals surface area contributed by atoms with Gasteiger partial charge in [-0.25, -0.2) is 9.59 Å². The average Bonchev–Trinajstić information content (AvgIpc) is 2.99. The van der Waals surface area contributed by atoms with Gasteiger partial charge in [0.2, 0.25) is 0 Å². The van der Waals surface area contributed by atoms with Crippen molar-refractivity contribution in [2.45, 2.75) is 32.9 Å². The number of hydrogen-bond acceptors (Lipinski definition) is 3. The Morgan fingerprint density at radius 3 is 2.57 bits per heavy atom. The zero-order chi connectivity index (χ0) is 20.5. The van der Waals surface area contributed by atoms with Gasteiger partial charge >= 0.3 is 12.1 Å². The van der Waals surface area contributed by atoms with Gasteiger partial charge in [0, 0.05) is 30.7 Å². The van der Waals surface area contributed by atoms with E-state index in [1.807, 2.05) is 68.9 Å². The van der Waals surface area contributed by atoms with Crippen LogP contribution >= 0.6 is 0 Å². The number of carboxylic acid groups (broad SMARTS) is 1. The van der Waals surface area contributed by atoms with Crippen molar-refractivity contribution in [1.29, 1.82) is 0 Å². The number of carbonyl (C=O) groups excluding carboxylic acids is 1. The molecule has 1 amide bonds. The molecule has 6 nitrogen and oxygen atoms in total. The van der Waals surface area contributed by atoms with Crippen LogP contribution in [-0.2, 0) is 18.3 Å². The van der Waals surface area contributed by atoms with Crippen LogP contribution in [0.2, 0.25) is 0 Å². The van der Waals surface area contributed by atoms with E-state index in [9.17, 15) is 14.7 Å². The molecule has 0 spiro atoms. The minimum absolute atomic E-state index is 0.238. The molecular formula is C22H24N2O4. The van der Waals surface area contributed by atoms with E-state index in [1.165, 1.54) is 0 Å². The lowest BCUT2D eigenvalue weighted by atomic mass is 9.97. The number of rotatable bonds is 4. The number of nitrogens with one attached hydrogen (secondary N) is 1. The van der Waals surface area contributed by atoms with Crippen LogP contribution in [0.1, 0.15) is 36.7 Å². The number of aryl methyl sites for hydroxylation is 1. The van der Waals surface area contributed by atoms with Crippen LogP contribution in [0.5, 0.6) is 0 Å². The molecule has 0 saturated carbocycles. The summed E-state index contributed by atoms with van der Waals surface area (Å²) in [7, 11) is 1.89. The maximum absolute atomic E-state index is 11.9. The Morgan fingerprint density at radius 1 is 1.14 bits per heavy atom. The van der Waals surface area contributed by atoms with E-state index in [4.69, 9.17) is 4.74 Å². The number of aromatic nitrogens is 1. The van der Waals surface area contributed by atoms with Crippen LogP contribution < -0.4 is 5.32 Å². The third kappa shape index (κ3) is 4.34. The van der Waals surface area contributed by atoms with Gasteiger partial charge in [-0.05, 0) is 61.7 Å². The number of nitrogens with zero attached hydrogens (tertiary/aromatic N) is 1. The average molecular weight is 380 g/mol. The smallest absolute Gasteiger partial charge is 0.407 e. The molecule has 3 rings (SSSR count). The Morgan fingerprint density at radius 2 is 1.89 bits per heavy atom. The Labute approximate surface area is 163 Å². The summed E-state index contributed by atoms with van der Waals surface area (Å²) in [6, 6.07) is 13.0. The normalized spacial score (nSPS) is 11.4. The predicted octanol–water partition coefficient (Wildman–Crippen LogP) is 4.57. The first-order chi connectivity index (χ1) is 13.1. The Kier molecular flexibility index (Phi) is 5.14. The molecule has 1 heterocycles. The molecule has 0 saturated heterocycles. The van der Waals surface area contributed by atoms with E-state index in [0.29, 0.717) is 6.54 Å². The molecule has 28 heavy (non-hydrogen) atoms. The SMILES string of the molecule is Cn1ccc2c(-c3cccc(CNC(=O)OC(C)(C)C)c3)cc(C(=O)O)cc21. The number of aromatic carboxylic acids is 1. The highest BCUT2D eigenvalue weighted by atomic mass is 16.6. The van der Waals surface area contributed by atoms with Crippen molar-refractivity contribution in [2.24, 2.45) is 7.05 Å². The van der Waals surface area contributed by atoms with Crippen molar-refractivity contribution < 1.29 is 19.4 Å². The lowest BCUT2D eigenvalue weighted by Gasteiger charge is -2.19. The summed E-state index contributed by atoms with van der Waals surface area (Å²) in [5.41, 5.74) is 3.17. The molecule has 3 aromatic rings. The van der Waals surface area contributed by atoms with Crippen LogP contribution in [0, 0.1) is 0 Å². The van der Waals surface area contributed by atoms with Gasteiger partial charge in [0.25, 0.3) is 0 Å². The van der Waals surface area contributed by atoms with Crippen LogP contribution in [0.3, 0.4) is 0 Å². The van der Waals surface area contributed by atoms with Crippen molar-refractivity contribution in [3.63, 3.8) is 0 Å². The number of ether oxygens (including phenoxy) is 1. The second-order valence-corrected chi connectivity index (χ2v) is 7.74. The van der Waals surface area contributed by atoms with Gasteiger partial charge in [-0.2, -0.15) is 0 Å². The lowest BCUT2D eigenvalue weighted by Crippen LogP contribution is -2.32. The fraction of sp³-hybridized carbons (Fsp3) is 0.273. The molecule has 0 bridgehead atoms. The van der Waals surface area contributed by atoms with Crippen molar-refractivity contribution in [3.05, 3.63) is 59.8 Å². The van der Waals surface area contributed by atoms with Gasteiger partial charge in [0.15, 0.2) is 0 Å². The fourth-order valence-electron chi connectivity index (χ4n) is 3.07. The second-order valence-electron chi connectivity index (χ2n) is 7.74. The zero-order valence-corrected chi connectivity index (χ0v) is 16.4. The van der Waals surface area contributed by atoms with Crippen LogP contribution in [0.4, 0.5) is 4.79 Å². The monoisotopic (exact) mass is 380 g/mol. The highest BCUT2D eigenvalue weighted by Crippen LogP contribution is 2.31. The number of fused-ring (bicyclic) bond motifs is 1. The molecule has 146 valence electrons. The second kappa shape index (κ2) is 7.38. The third-order valence-electron chi connectivity index (χ3n) is 4.32. The van der Waals surface area contributed by atoms with Gasteiger partial charge in [-0.3, -0.25) is 0 Å². The first-order valence-electron chi connectivity index (χ1n) is 9.02. The number of carboxylic acids is 1. The van der Waals surface area contributed by atoms with Gasteiger partial charge < -0.3 is 19.7 Å². The molecule has 2 aromatic carbocycles. The van der Waals surface area contributed by atoms with E-state index >= 15 is 0 Å². The standard InChI is InChI=1S/C22H24N2O4/c1-22(2,3)28-21(27)23-13-14-6-5-7-15(10-14)18-11-16(20(25)26)12-19-17(18)8-9-24(19)4/h5-12H,13H2,1-4H3,(H,23,27)(H,25,26). The summed E-state index contributed by atoms with van der Waals surface area (Å²) in [6.07, 6.45) is 1.43. The molecular weight excluding hydrogens is 356 g/mol. The molecule has 0 aliphatic rings. The summed E-state index contributed by atoms with van der Waals surface area (Å²) in [4.78, 5) is 23.4. The quantitative estimate of drug-likeness (QED) is 0.695. The molecule has 0 radical (unpaired) electrons. The van der Waals surface area contributed by atoms with Gasteiger partial charge in [-0.1, -0.05) is 18.2 Å². The largest absolute Gasteiger partial charge is 0.478 e. The summed E-state index contributed by atoms with van der Waals surface area (Å²) in [5.74, 6) is -0.966. The first kappa shape index (κ1) is 19.5. The zero-order valence-electron chi connectivity index (χ0n) is 16.4. The van der Waals surface area contributed by atoms with Crippen LogP contribution in [-0.4, -0.2) is 27.3 Å². The highest BCUT2D eigenvalue weighted by Gasteiger charge is 2.16. The maximum Gasteiger partial charge on any atom is 0.407 e. The topological polar surface area (TPSA) is 80.6 Å². The number of alkyl carbamates (subject to hydrolysis) is 1. The van der Waals surface area contributed by atoms with E-state index in [1.54, 1.807) is 12.1 Å². The third-order valence-corrected chi connectivity index (χ3v) is 4.32. The van der Waals surface area contributed by atoms with Crippen molar-refractivity contribution in [1.82, 2.24) is 9.88 Å². The Bertz CT molecular complexity index is 1040. The van der Waals surface area contributed by atoms with Crippen molar-refractivity contribution >= 4 is 23.0 Å². The number of carbonyl (C=O) groups is 2. The summed E-state index contributed by atoms with van der Waals surface area (Å²) < 4.78 is 7.16. The number of hydrogen-bond donors (Lipinski definition) is 2. The number of benzene rings is 2. The molecule has 0 aliphatic carbocycles. The minimum atomic E-state index is -0.966. The maximum atomic E-state index is 11.9. The van der Waals surface area contributed by atoms with Gasteiger partial charge in [0.05, 0.1) is 5.56 Å². The molecule has 0 atom stereocenters.